The number of hydrogen-bond donors (Lipinski definition) is 1. The van der Waals surface area contributed by atoms with Crippen LogP contribution >= 0.6 is 23.2 Å². The zero-order chi connectivity index (χ0) is 10.8. The average molecular weight is 244 g/mol. The molecule has 0 unspecified atom stereocenters. The van der Waals surface area contributed by atoms with Crippen molar-refractivity contribution < 1.29 is 0 Å². The van der Waals surface area contributed by atoms with E-state index in [0.29, 0.717) is 5.69 Å². The summed E-state index contributed by atoms with van der Waals surface area (Å²) in [6, 6.07) is 1.60. The monoisotopic (exact) mass is 243 g/mol. The Morgan fingerprint density at radius 2 is 2.13 bits per heavy atom. The van der Waals surface area contributed by atoms with Gasteiger partial charge in [0.25, 0.3) is 0 Å². The molecule has 2 heterocycles. The molecule has 0 amide bonds. The lowest BCUT2D eigenvalue weighted by molar-refractivity contribution is 0.768. The van der Waals surface area contributed by atoms with E-state index >= 15 is 0 Å². The Kier molecular flexibility index (Phi) is 2.75. The molecule has 0 radical (unpaired) electrons. The zero-order valence-electron chi connectivity index (χ0n) is 7.78. The molecule has 0 bridgehead atoms. The van der Waals surface area contributed by atoms with E-state index in [1.165, 1.54) is 0 Å². The van der Waals surface area contributed by atoms with Gasteiger partial charge in [-0.05, 0) is 0 Å². The Hall–Kier alpha value is -1.33. The van der Waals surface area contributed by atoms with E-state index in [0.717, 1.165) is 5.69 Å². The standard InChI is InChI=1S/C8H7Cl2N5/c1-15-4-5(3-11-15)12-6-2-7(9)13-14-8(6)10/h2-4H,1H3,(H,12,13). The van der Waals surface area contributed by atoms with E-state index < -0.39 is 0 Å². The molecule has 0 fully saturated rings. The molecule has 0 aliphatic carbocycles. The second kappa shape index (κ2) is 4.04. The van der Waals surface area contributed by atoms with Crippen LogP contribution in [-0.2, 0) is 7.05 Å². The summed E-state index contributed by atoms with van der Waals surface area (Å²) >= 11 is 11.5. The third-order valence-corrected chi connectivity index (χ3v) is 2.17. The molecule has 7 heteroatoms. The van der Waals surface area contributed by atoms with Crippen molar-refractivity contribution in [2.24, 2.45) is 7.05 Å². The van der Waals surface area contributed by atoms with Gasteiger partial charge in [0.15, 0.2) is 10.3 Å². The van der Waals surface area contributed by atoms with Crippen molar-refractivity contribution >= 4 is 34.6 Å². The van der Waals surface area contributed by atoms with Crippen molar-refractivity contribution in [2.45, 2.75) is 0 Å². The maximum atomic E-state index is 5.83. The summed E-state index contributed by atoms with van der Waals surface area (Å²) < 4.78 is 1.67. The second-order valence-electron chi connectivity index (χ2n) is 2.90. The predicted octanol–water partition coefficient (Wildman–Crippen LogP) is 2.26. The Bertz CT molecular complexity index is 482. The lowest BCUT2D eigenvalue weighted by Crippen LogP contribution is -1.93. The van der Waals surface area contributed by atoms with Gasteiger partial charge in [-0.25, -0.2) is 0 Å². The number of aryl methyl sites for hydroxylation is 1. The van der Waals surface area contributed by atoms with Crippen LogP contribution in [0.5, 0.6) is 0 Å². The van der Waals surface area contributed by atoms with Crippen molar-refractivity contribution in [2.75, 3.05) is 5.32 Å². The van der Waals surface area contributed by atoms with E-state index in [2.05, 4.69) is 20.6 Å². The quantitative estimate of drug-likeness (QED) is 0.880. The number of halogens is 2. The van der Waals surface area contributed by atoms with Gasteiger partial charge in [-0.3, -0.25) is 4.68 Å². The summed E-state index contributed by atoms with van der Waals surface area (Å²) in [5.74, 6) is 0. The number of anilines is 2. The first kappa shape index (κ1) is 10.2. The smallest absolute Gasteiger partial charge is 0.175 e. The molecule has 0 atom stereocenters. The number of rotatable bonds is 2. The van der Waals surface area contributed by atoms with Crippen molar-refractivity contribution in [1.82, 2.24) is 20.0 Å². The molecule has 2 rings (SSSR count). The minimum absolute atomic E-state index is 0.267. The maximum Gasteiger partial charge on any atom is 0.175 e. The van der Waals surface area contributed by atoms with Gasteiger partial charge in [-0.1, -0.05) is 23.2 Å². The van der Waals surface area contributed by atoms with Gasteiger partial charge in [0.2, 0.25) is 0 Å². The van der Waals surface area contributed by atoms with Crippen LogP contribution in [0.15, 0.2) is 18.5 Å². The van der Waals surface area contributed by atoms with Gasteiger partial charge in [-0.2, -0.15) is 5.10 Å². The summed E-state index contributed by atoms with van der Waals surface area (Å²) in [5, 5.41) is 14.9. The van der Waals surface area contributed by atoms with Crippen LogP contribution in [0, 0.1) is 0 Å². The average Bonchev–Trinajstić information content (AvgIpc) is 2.58. The maximum absolute atomic E-state index is 5.83. The number of nitrogens with zero attached hydrogens (tertiary/aromatic N) is 4. The van der Waals surface area contributed by atoms with Crippen LogP contribution in [-0.4, -0.2) is 20.0 Å². The van der Waals surface area contributed by atoms with Crippen LogP contribution in [0.4, 0.5) is 11.4 Å². The predicted molar refractivity (Wildman–Crippen MR) is 58.5 cm³/mol. The lowest BCUT2D eigenvalue weighted by atomic mass is 10.4. The zero-order valence-corrected chi connectivity index (χ0v) is 9.29. The molecule has 0 saturated heterocycles. The largest absolute Gasteiger partial charge is 0.350 e. The van der Waals surface area contributed by atoms with E-state index in [1.807, 2.05) is 13.2 Å². The van der Waals surface area contributed by atoms with Crippen molar-refractivity contribution in [1.29, 1.82) is 0 Å². The first-order valence-corrected chi connectivity index (χ1v) is 4.85. The highest BCUT2D eigenvalue weighted by molar-refractivity contribution is 6.33. The fraction of sp³-hybridized carbons (Fsp3) is 0.125. The van der Waals surface area contributed by atoms with Crippen LogP contribution in [0.25, 0.3) is 0 Å². The van der Waals surface area contributed by atoms with Crippen molar-refractivity contribution in [3.8, 4) is 0 Å². The number of nitrogens with one attached hydrogen (secondary N) is 1. The fourth-order valence-corrected chi connectivity index (χ4v) is 1.37. The Balaban J connectivity index is 2.27. The van der Waals surface area contributed by atoms with E-state index in [1.54, 1.807) is 16.9 Å². The highest BCUT2D eigenvalue weighted by Gasteiger charge is 2.05. The Morgan fingerprint density at radius 1 is 1.33 bits per heavy atom. The third-order valence-electron chi connectivity index (χ3n) is 1.70. The minimum atomic E-state index is 0.267. The first-order valence-electron chi connectivity index (χ1n) is 4.09. The highest BCUT2D eigenvalue weighted by atomic mass is 35.5. The summed E-state index contributed by atoms with van der Waals surface area (Å²) in [6.07, 6.45) is 3.48. The van der Waals surface area contributed by atoms with Gasteiger partial charge in [0.1, 0.15) is 0 Å². The van der Waals surface area contributed by atoms with Gasteiger partial charge < -0.3 is 5.32 Å². The molecule has 2 aromatic rings. The van der Waals surface area contributed by atoms with Crippen LogP contribution in [0.1, 0.15) is 0 Å². The summed E-state index contributed by atoms with van der Waals surface area (Å²) in [5.41, 5.74) is 1.41. The molecule has 2 aromatic heterocycles. The molecule has 5 nitrogen and oxygen atoms in total. The summed E-state index contributed by atoms with van der Waals surface area (Å²) in [4.78, 5) is 0. The van der Waals surface area contributed by atoms with Gasteiger partial charge >= 0.3 is 0 Å². The van der Waals surface area contributed by atoms with Gasteiger partial charge in [0, 0.05) is 19.3 Å². The van der Waals surface area contributed by atoms with Crippen LogP contribution < -0.4 is 5.32 Å². The molecular weight excluding hydrogens is 237 g/mol. The van der Waals surface area contributed by atoms with Crippen molar-refractivity contribution in [3.05, 3.63) is 28.8 Å². The topological polar surface area (TPSA) is 55.6 Å². The Labute approximate surface area is 96.0 Å². The first-order chi connectivity index (χ1) is 7.15. The van der Waals surface area contributed by atoms with E-state index in [4.69, 9.17) is 23.2 Å². The molecule has 1 N–H and O–H groups in total. The number of aromatic nitrogens is 4. The van der Waals surface area contributed by atoms with Crippen LogP contribution in [0.3, 0.4) is 0 Å². The van der Waals surface area contributed by atoms with Gasteiger partial charge in [-0.15, -0.1) is 10.2 Å². The molecule has 15 heavy (non-hydrogen) atoms. The Morgan fingerprint density at radius 3 is 2.80 bits per heavy atom. The fourth-order valence-electron chi connectivity index (χ4n) is 1.08. The van der Waals surface area contributed by atoms with E-state index in [-0.39, 0.29) is 10.3 Å². The molecular formula is C8H7Cl2N5. The molecule has 78 valence electrons. The molecule has 0 aromatic carbocycles. The SMILES string of the molecule is Cn1cc(Nc2cc(Cl)nnc2Cl)cn1. The molecule has 0 aliphatic rings. The summed E-state index contributed by atoms with van der Waals surface area (Å²) in [6.45, 7) is 0. The highest BCUT2D eigenvalue weighted by Crippen LogP contribution is 2.24. The molecule has 0 aliphatic heterocycles. The van der Waals surface area contributed by atoms with Crippen LogP contribution in [0.2, 0.25) is 10.3 Å². The lowest BCUT2D eigenvalue weighted by Gasteiger charge is -2.03. The van der Waals surface area contributed by atoms with Gasteiger partial charge in [0.05, 0.1) is 17.6 Å². The number of hydrogen-bond acceptors (Lipinski definition) is 4. The third kappa shape index (κ3) is 2.37. The normalized spacial score (nSPS) is 10.3. The van der Waals surface area contributed by atoms with Crippen molar-refractivity contribution in [3.63, 3.8) is 0 Å². The van der Waals surface area contributed by atoms with E-state index in [9.17, 15) is 0 Å². The second-order valence-corrected chi connectivity index (χ2v) is 3.64. The molecule has 0 spiro atoms. The summed E-state index contributed by atoms with van der Waals surface area (Å²) in [7, 11) is 1.82. The molecule has 0 saturated carbocycles. The minimum Gasteiger partial charge on any atom is -0.350 e.